The molecule has 3 heterocycles. The van der Waals surface area contributed by atoms with E-state index in [0.29, 0.717) is 24.6 Å². The lowest BCUT2D eigenvalue weighted by atomic mass is 9.94. The lowest BCUT2D eigenvalue weighted by Gasteiger charge is -2.17. The van der Waals surface area contributed by atoms with Crippen molar-refractivity contribution >= 4 is 11.7 Å². The van der Waals surface area contributed by atoms with E-state index in [-0.39, 0.29) is 23.8 Å². The van der Waals surface area contributed by atoms with Crippen LogP contribution in [0.2, 0.25) is 0 Å². The van der Waals surface area contributed by atoms with Gasteiger partial charge in [-0.3, -0.25) is 19.6 Å². The van der Waals surface area contributed by atoms with Crippen molar-refractivity contribution in [3.05, 3.63) is 87.1 Å². The minimum absolute atomic E-state index is 0.0192. The molecule has 0 bridgehead atoms. The molecule has 160 valence electrons. The molecule has 9 heteroatoms. The second-order valence-electron chi connectivity index (χ2n) is 7.60. The number of Topliss-reactive ketones (excluding diaryl/α,β-unsaturated/α-hetero) is 1. The summed E-state index contributed by atoms with van der Waals surface area (Å²) in [6, 6.07) is 7.78. The fourth-order valence-corrected chi connectivity index (χ4v) is 3.61. The topological polar surface area (TPSA) is 79.0 Å². The molecular formula is C22H19F3N4O2. The van der Waals surface area contributed by atoms with Crippen molar-refractivity contribution in [2.75, 3.05) is 4.90 Å². The van der Waals surface area contributed by atoms with Gasteiger partial charge < -0.3 is 4.90 Å². The molecule has 1 atom stereocenters. The maximum atomic E-state index is 12.8. The maximum absolute atomic E-state index is 12.8. The van der Waals surface area contributed by atoms with Crippen LogP contribution >= 0.6 is 0 Å². The van der Waals surface area contributed by atoms with E-state index < -0.39 is 17.3 Å². The monoisotopic (exact) mass is 428 g/mol. The van der Waals surface area contributed by atoms with Gasteiger partial charge in [-0.1, -0.05) is 19.1 Å². The van der Waals surface area contributed by atoms with E-state index in [1.54, 1.807) is 19.3 Å². The standard InChI is InChI=1S/C22H19F3N4O2/c1-13(14-2-4-17(5-3-14)22(23,24)25)8-19(30)18-9-20(31)28-21(27-18)29-11-15-6-7-26-10-16(15)12-29/h2-7,9-10,13H,8,11-12H2,1H3,(H,27,28,31)/t13-/m0/s1. The number of halogens is 3. The quantitative estimate of drug-likeness (QED) is 0.620. The Morgan fingerprint density at radius 3 is 2.55 bits per heavy atom. The predicted molar refractivity (Wildman–Crippen MR) is 108 cm³/mol. The first kappa shape index (κ1) is 20.8. The van der Waals surface area contributed by atoms with Gasteiger partial charge in [0.25, 0.3) is 5.56 Å². The van der Waals surface area contributed by atoms with Gasteiger partial charge >= 0.3 is 6.18 Å². The number of nitrogens with zero attached hydrogens (tertiary/aromatic N) is 3. The number of aromatic amines is 1. The summed E-state index contributed by atoms with van der Waals surface area (Å²) in [7, 11) is 0. The number of benzene rings is 1. The Morgan fingerprint density at radius 1 is 1.16 bits per heavy atom. The molecule has 0 unspecified atom stereocenters. The van der Waals surface area contributed by atoms with Crippen molar-refractivity contribution in [3.8, 4) is 0 Å². The number of carbonyl (C=O) groups excluding carboxylic acids is 1. The maximum Gasteiger partial charge on any atom is 0.416 e. The van der Waals surface area contributed by atoms with E-state index in [4.69, 9.17) is 0 Å². The molecule has 0 saturated heterocycles. The van der Waals surface area contributed by atoms with E-state index in [1.165, 1.54) is 12.1 Å². The average molecular weight is 428 g/mol. The Balaban J connectivity index is 1.49. The summed E-state index contributed by atoms with van der Waals surface area (Å²) in [5.41, 5.74) is 1.56. The Morgan fingerprint density at radius 2 is 1.87 bits per heavy atom. The van der Waals surface area contributed by atoms with Crippen LogP contribution in [0.4, 0.5) is 19.1 Å². The average Bonchev–Trinajstić information content (AvgIpc) is 3.17. The third kappa shape index (κ3) is 4.50. The van der Waals surface area contributed by atoms with E-state index in [0.717, 1.165) is 29.3 Å². The highest BCUT2D eigenvalue weighted by atomic mass is 19.4. The number of aromatic nitrogens is 3. The zero-order chi connectivity index (χ0) is 22.2. The Bertz CT molecular complexity index is 1150. The molecule has 0 amide bonds. The van der Waals surface area contributed by atoms with Crippen LogP contribution in [0, 0.1) is 0 Å². The van der Waals surface area contributed by atoms with Crippen molar-refractivity contribution in [2.45, 2.75) is 38.5 Å². The van der Waals surface area contributed by atoms with Gasteiger partial charge in [-0.25, -0.2) is 4.98 Å². The van der Waals surface area contributed by atoms with Gasteiger partial charge in [-0.05, 0) is 40.8 Å². The van der Waals surface area contributed by atoms with Crippen molar-refractivity contribution < 1.29 is 18.0 Å². The third-order valence-corrected chi connectivity index (χ3v) is 5.34. The van der Waals surface area contributed by atoms with Crippen molar-refractivity contribution in [1.29, 1.82) is 0 Å². The highest BCUT2D eigenvalue weighted by molar-refractivity contribution is 5.94. The number of rotatable bonds is 5. The van der Waals surface area contributed by atoms with Crippen LogP contribution in [-0.4, -0.2) is 20.7 Å². The van der Waals surface area contributed by atoms with Crippen molar-refractivity contribution in [3.63, 3.8) is 0 Å². The summed E-state index contributed by atoms with van der Waals surface area (Å²) < 4.78 is 38.2. The number of H-pyrrole nitrogens is 1. The number of alkyl halides is 3. The van der Waals surface area contributed by atoms with Crippen LogP contribution in [-0.2, 0) is 19.3 Å². The largest absolute Gasteiger partial charge is 0.416 e. The van der Waals surface area contributed by atoms with Gasteiger partial charge in [0.2, 0.25) is 5.95 Å². The van der Waals surface area contributed by atoms with Crippen LogP contribution in [0.5, 0.6) is 0 Å². The fraction of sp³-hybridized carbons (Fsp3) is 0.273. The molecule has 4 rings (SSSR count). The Hall–Kier alpha value is -3.49. The van der Waals surface area contributed by atoms with Gasteiger partial charge in [-0.15, -0.1) is 0 Å². The van der Waals surface area contributed by atoms with E-state index >= 15 is 0 Å². The molecule has 0 saturated carbocycles. The molecule has 1 N–H and O–H groups in total. The highest BCUT2D eigenvalue weighted by Crippen LogP contribution is 2.31. The summed E-state index contributed by atoms with van der Waals surface area (Å²) >= 11 is 0. The normalized spacial score (nSPS) is 14.4. The minimum Gasteiger partial charge on any atom is -0.334 e. The van der Waals surface area contributed by atoms with Crippen LogP contribution in [0.1, 0.15) is 52.0 Å². The molecule has 1 aromatic carbocycles. The molecule has 0 fully saturated rings. The number of fused-ring (bicyclic) bond motifs is 1. The van der Waals surface area contributed by atoms with Crippen LogP contribution in [0.15, 0.2) is 53.6 Å². The number of anilines is 1. The van der Waals surface area contributed by atoms with Gasteiger partial charge in [0.15, 0.2) is 5.78 Å². The Labute approximate surface area is 175 Å². The summed E-state index contributed by atoms with van der Waals surface area (Å²) in [4.78, 5) is 37.9. The Kier molecular flexibility index (Phi) is 5.34. The summed E-state index contributed by atoms with van der Waals surface area (Å²) in [5.74, 6) is -0.381. The molecule has 0 aliphatic carbocycles. The molecule has 6 nitrogen and oxygen atoms in total. The van der Waals surface area contributed by atoms with Crippen molar-refractivity contribution in [1.82, 2.24) is 15.0 Å². The zero-order valence-corrected chi connectivity index (χ0v) is 16.6. The molecule has 1 aliphatic heterocycles. The number of ketones is 1. The second kappa shape index (κ2) is 7.98. The number of nitrogens with one attached hydrogen (secondary N) is 1. The van der Waals surface area contributed by atoms with Crippen LogP contribution < -0.4 is 10.5 Å². The lowest BCUT2D eigenvalue weighted by Crippen LogP contribution is -2.23. The first-order chi connectivity index (χ1) is 14.7. The lowest BCUT2D eigenvalue weighted by molar-refractivity contribution is -0.137. The molecule has 1 aliphatic rings. The smallest absolute Gasteiger partial charge is 0.334 e. The number of carbonyl (C=O) groups is 1. The molecule has 0 radical (unpaired) electrons. The van der Waals surface area contributed by atoms with Crippen LogP contribution in [0.25, 0.3) is 0 Å². The summed E-state index contributed by atoms with van der Waals surface area (Å²) in [6.07, 6.45) is -0.936. The SMILES string of the molecule is C[C@@H](CC(=O)c1cc(=O)[nH]c(N2Cc3ccncc3C2)n1)c1ccc(C(F)(F)F)cc1. The summed E-state index contributed by atoms with van der Waals surface area (Å²) in [5, 5.41) is 0. The molecule has 2 aromatic heterocycles. The van der Waals surface area contributed by atoms with E-state index in [2.05, 4.69) is 15.0 Å². The minimum atomic E-state index is -4.41. The number of hydrogen-bond donors (Lipinski definition) is 1. The van der Waals surface area contributed by atoms with Gasteiger partial charge in [0, 0.05) is 38.0 Å². The molecule has 3 aromatic rings. The first-order valence-electron chi connectivity index (χ1n) is 9.69. The summed E-state index contributed by atoms with van der Waals surface area (Å²) in [6.45, 7) is 2.81. The van der Waals surface area contributed by atoms with Crippen molar-refractivity contribution in [2.24, 2.45) is 0 Å². The van der Waals surface area contributed by atoms with Gasteiger partial charge in [0.05, 0.1) is 5.56 Å². The second-order valence-corrected chi connectivity index (χ2v) is 7.60. The third-order valence-electron chi connectivity index (χ3n) is 5.34. The van der Waals surface area contributed by atoms with E-state index in [9.17, 15) is 22.8 Å². The molecular weight excluding hydrogens is 409 g/mol. The van der Waals surface area contributed by atoms with Crippen LogP contribution in [0.3, 0.4) is 0 Å². The molecule has 0 spiro atoms. The first-order valence-corrected chi connectivity index (χ1v) is 9.69. The highest BCUT2D eigenvalue weighted by Gasteiger charge is 2.30. The number of pyridine rings is 1. The predicted octanol–water partition coefficient (Wildman–Crippen LogP) is 4.08. The van der Waals surface area contributed by atoms with Gasteiger partial charge in [-0.2, -0.15) is 13.2 Å². The number of hydrogen-bond acceptors (Lipinski definition) is 5. The van der Waals surface area contributed by atoms with Gasteiger partial charge in [0.1, 0.15) is 5.69 Å². The molecule has 31 heavy (non-hydrogen) atoms. The fourth-order valence-electron chi connectivity index (χ4n) is 3.61. The zero-order valence-electron chi connectivity index (χ0n) is 16.6. The van der Waals surface area contributed by atoms with E-state index in [1.807, 2.05) is 11.0 Å².